The molecule has 1 rings (SSSR count). The molecule has 4 nitrogen and oxygen atoms in total. The molecule has 0 aliphatic rings. The topological polar surface area (TPSA) is 58.6 Å². The van der Waals surface area contributed by atoms with Crippen molar-refractivity contribution < 1.29 is 19.0 Å². The molecule has 5 heteroatoms. The van der Waals surface area contributed by atoms with Crippen molar-refractivity contribution in [3.63, 3.8) is 0 Å². The van der Waals surface area contributed by atoms with E-state index in [-0.39, 0.29) is 11.3 Å². The fraction of sp³-hybridized carbons (Fsp3) is 0.462. The lowest BCUT2D eigenvalue weighted by Crippen LogP contribution is -2.27. The molecule has 0 fully saturated rings. The third-order valence-electron chi connectivity index (χ3n) is 2.10. The van der Waals surface area contributed by atoms with Gasteiger partial charge in [-0.25, -0.2) is 9.18 Å². The SMILES string of the molecule is C[C@H](O)c1ccc(NC(=O)OC(C)(C)C)cc1F. The molecule has 1 aromatic rings. The van der Waals surface area contributed by atoms with Crippen LogP contribution in [0.3, 0.4) is 0 Å². The van der Waals surface area contributed by atoms with Crippen molar-refractivity contribution in [1.82, 2.24) is 0 Å². The monoisotopic (exact) mass is 255 g/mol. The number of hydrogen-bond donors (Lipinski definition) is 2. The number of aliphatic hydroxyl groups is 1. The summed E-state index contributed by atoms with van der Waals surface area (Å²) in [4.78, 5) is 11.5. The van der Waals surface area contributed by atoms with E-state index in [2.05, 4.69) is 5.32 Å². The van der Waals surface area contributed by atoms with Gasteiger partial charge in [-0.15, -0.1) is 0 Å². The molecule has 18 heavy (non-hydrogen) atoms. The first-order valence-corrected chi connectivity index (χ1v) is 5.66. The van der Waals surface area contributed by atoms with E-state index in [1.165, 1.54) is 19.1 Å². The average Bonchev–Trinajstić information content (AvgIpc) is 2.13. The van der Waals surface area contributed by atoms with Crippen LogP contribution >= 0.6 is 0 Å². The fourth-order valence-corrected chi connectivity index (χ4v) is 1.37. The Morgan fingerprint density at radius 2 is 2.06 bits per heavy atom. The molecule has 100 valence electrons. The molecule has 1 amide bonds. The van der Waals surface area contributed by atoms with Gasteiger partial charge in [0.15, 0.2) is 0 Å². The van der Waals surface area contributed by atoms with Crippen molar-refractivity contribution in [2.45, 2.75) is 39.4 Å². The highest BCUT2D eigenvalue weighted by Crippen LogP contribution is 2.20. The summed E-state index contributed by atoms with van der Waals surface area (Å²) in [5.41, 5.74) is -0.141. The van der Waals surface area contributed by atoms with Gasteiger partial charge >= 0.3 is 6.09 Å². The number of aliphatic hydroxyl groups excluding tert-OH is 1. The number of carbonyl (C=O) groups is 1. The lowest BCUT2D eigenvalue weighted by Gasteiger charge is -2.19. The van der Waals surface area contributed by atoms with Crippen LogP contribution < -0.4 is 5.32 Å². The predicted molar refractivity (Wildman–Crippen MR) is 66.9 cm³/mol. The van der Waals surface area contributed by atoms with Gasteiger partial charge in [0, 0.05) is 11.3 Å². The number of carbonyl (C=O) groups excluding carboxylic acids is 1. The second kappa shape index (κ2) is 5.35. The lowest BCUT2D eigenvalue weighted by molar-refractivity contribution is 0.0636. The van der Waals surface area contributed by atoms with E-state index in [9.17, 15) is 14.3 Å². The summed E-state index contributed by atoms with van der Waals surface area (Å²) < 4.78 is 18.6. The number of anilines is 1. The number of hydrogen-bond acceptors (Lipinski definition) is 3. The Morgan fingerprint density at radius 1 is 1.44 bits per heavy atom. The Hall–Kier alpha value is -1.62. The summed E-state index contributed by atoms with van der Waals surface area (Å²) in [6.07, 6.45) is -1.53. The van der Waals surface area contributed by atoms with Crippen molar-refractivity contribution in [2.24, 2.45) is 0 Å². The van der Waals surface area contributed by atoms with E-state index in [1.54, 1.807) is 20.8 Å². The van der Waals surface area contributed by atoms with E-state index < -0.39 is 23.6 Å². The van der Waals surface area contributed by atoms with Gasteiger partial charge in [-0.1, -0.05) is 6.07 Å². The van der Waals surface area contributed by atoms with Crippen molar-refractivity contribution in [1.29, 1.82) is 0 Å². The highest BCUT2D eigenvalue weighted by molar-refractivity contribution is 5.84. The van der Waals surface area contributed by atoms with Crippen LogP contribution in [-0.4, -0.2) is 16.8 Å². The van der Waals surface area contributed by atoms with E-state index in [0.29, 0.717) is 0 Å². The van der Waals surface area contributed by atoms with Gasteiger partial charge in [-0.3, -0.25) is 5.32 Å². The van der Waals surface area contributed by atoms with Crippen molar-refractivity contribution >= 4 is 11.8 Å². The predicted octanol–water partition coefficient (Wildman–Crippen LogP) is 3.23. The summed E-state index contributed by atoms with van der Waals surface area (Å²) in [6, 6.07) is 4.08. The molecule has 0 unspecified atom stereocenters. The quantitative estimate of drug-likeness (QED) is 0.853. The van der Waals surface area contributed by atoms with Gasteiger partial charge in [-0.2, -0.15) is 0 Å². The zero-order valence-electron chi connectivity index (χ0n) is 11.0. The van der Waals surface area contributed by atoms with Crippen LogP contribution in [0.4, 0.5) is 14.9 Å². The summed E-state index contributed by atoms with van der Waals surface area (Å²) in [7, 11) is 0. The fourth-order valence-electron chi connectivity index (χ4n) is 1.37. The zero-order valence-corrected chi connectivity index (χ0v) is 11.0. The molecule has 2 N–H and O–H groups in total. The minimum absolute atomic E-state index is 0.185. The minimum atomic E-state index is -0.888. The van der Waals surface area contributed by atoms with Crippen LogP contribution in [0, 0.1) is 5.82 Å². The Balaban J connectivity index is 2.75. The zero-order chi connectivity index (χ0) is 13.9. The van der Waals surface area contributed by atoms with Gasteiger partial charge in [0.25, 0.3) is 0 Å². The third-order valence-corrected chi connectivity index (χ3v) is 2.10. The summed E-state index contributed by atoms with van der Waals surface area (Å²) in [5, 5.41) is 11.7. The molecule has 0 saturated heterocycles. The molecule has 0 spiro atoms. The Kier molecular flexibility index (Phi) is 4.29. The molecule has 0 radical (unpaired) electrons. The van der Waals surface area contributed by atoms with Crippen LogP contribution in [0.5, 0.6) is 0 Å². The largest absolute Gasteiger partial charge is 0.444 e. The summed E-state index contributed by atoms with van der Waals surface area (Å²) in [5.74, 6) is -0.571. The molecule has 0 heterocycles. The van der Waals surface area contributed by atoms with E-state index in [0.717, 1.165) is 6.07 Å². The molecule has 1 aromatic carbocycles. The first-order chi connectivity index (χ1) is 8.19. The van der Waals surface area contributed by atoms with Gasteiger partial charge < -0.3 is 9.84 Å². The van der Waals surface area contributed by atoms with Gasteiger partial charge in [0.05, 0.1) is 6.10 Å². The smallest absolute Gasteiger partial charge is 0.412 e. The van der Waals surface area contributed by atoms with Crippen molar-refractivity contribution in [3.8, 4) is 0 Å². The van der Waals surface area contributed by atoms with Gasteiger partial charge in [0.2, 0.25) is 0 Å². The molecular formula is C13H18FNO3. The van der Waals surface area contributed by atoms with Crippen LogP contribution in [0.2, 0.25) is 0 Å². The number of nitrogens with one attached hydrogen (secondary N) is 1. The second-order valence-corrected chi connectivity index (χ2v) is 5.04. The van der Waals surface area contributed by atoms with Crippen molar-refractivity contribution in [2.75, 3.05) is 5.32 Å². The summed E-state index contributed by atoms with van der Waals surface area (Å²) in [6.45, 7) is 6.69. The van der Waals surface area contributed by atoms with Crippen LogP contribution in [0.1, 0.15) is 39.4 Å². The van der Waals surface area contributed by atoms with Gasteiger partial charge in [0.1, 0.15) is 11.4 Å². The highest BCUT2D eigenvalue weighted by Gasteiger charge is 2.17. The Labute approximate surface area is 106 Å². The summed E-state index contributed by atoms with van der Waals surface area (Å²) >= 11 is 0. The van der Waals surface area contributed by atoms with Crippen LogP contribution in [0.25, 0.3) is 0 Å². The van der Waals surface area contributed by atoms with Crippen LogP contribution in [-0.2, 0) is 4.74 Å². The number of halogens is 1. The van der Waals surface area contributed by atoms with E-state index in [1.807, 2.05) is 0 Å². The second-order valence-electron chi connectivity index (χ2n) is 5.04. The average molecular weight is 255 g/mol. The number of ether oxygens (including phenoxy) is 1. The maximum absolute atomic E-state index is 13.5. The van der Waals surface area contributed by atoms with E-state index >= 15 is 0 Å². The first-order valence-electron chi connectivity index (χ1n) is 5.66. The third kappa shape index (κ3) is 4.33. The molecule has 0 aliphatic heterocycles. The lowest BCUT2D eigenvalue weighted by atomic mass is 10.1. The molecule has 0 bridgehead atoms. The van der Waals surface area contributed by atoms with Gasteiger partial charge in [-0.05, 0) is 39.8 Å². The van der Waals surface area contributed by atoms with Crippen LogP contribution in [0.15, 0.2) is 18.2 Å². The maximum Gasteiger partial charge on any atom is 0.412 e. The molecular weight excluding hydrogens is 237 g/mol. The first kappa shape index (κ1) is 14.4. The highest BCUT2D eigenvalue weighted by atomic mass is 19.1. The number of rotatable bonds is 2. The molecule has 0 aliphatic carbocycles. The number of amides is 1. The standard InChI is InChI=1S/C13H18FNO3/c1-8(16)10-6-5-9(7-11(10)14)15-12(17)18-13(2,3)4/h5-8,16H,1-4H3,(H,15,17)/t8-/m0/s1. The number of benzene rings is 1. The maximum atomic E-state index is 13.5. The Morgan fingerprint density at radius 3 is 2.50 bits per heavy atom. The minimum Gasteiger partial charge on any atom is -0.444 e. The normalized spacial score (nSPS) is 13.0. The molecule has 0 saturated carbocycles. The van der Waals surface area contributed by atoms with Crippen molar-refractivity contribution in [3.05, 3.63) is 29.6 Å². The molecule has 1 atom stereocenters. The Bertz CT molecular complexity index is 438. The van der Waals surface area contributed by atoms with E-state index in [4.69, 9.17) is 4.74 Å². The molecule has 0 aromatic heterocycles.